The molecule has 2 heteroatoms. The van der Waals surface area contributed by atoms with Crippen LogP contribution in [0.1, 0.15) is 15.9 Å². The highest BCUT2D eigenvalue weighted by molar-refractivity contribution is 5.76. The standard InChI is InChI=1S/C8H8O2/c1-2-3-7-5-10-6-8(7)4-9/h2,4-6H,1,3H2. The molecule has 0 amide bonds. The zero-order valence-corrected chi connectivity index (χ0v) is 5.54. The quantitative estimate of drug-likeness (QED) is 0.468. The Balaban J connectivity index is 2.89. The van der Waals surface area contributed by atoms with Crippen molar-refractivity contribution in [3.05, 3.63) is 36.3 Å². The van der Waals surface area contributed by atoms with Gasteiger partial charge in [0.05, 0.1) is 11.8 Å². The Morgan fingerprint density at radius 3 is 3.00 bits per heavy atom. The number of carbonyl (C=O) groups is 1. The van der Waals surface area contributed by atoms with Crippen LogP contribution in [0.15, 0.2) is 29.6 Å². The molecule has 2 nitrogen and oxygen atoms in total. The second-order valence-electron chi connectivity index (χ2n) is 1.96. The highest BCUT2D eigenvalue weighted by Crippen LogP contribution is 2.08. The van der Waals surface area contributed by atoms with Crippen molar-refractivity contribution >= 4 is 6.29 Å². The first-order valence-electron chi connectivity index (χ1n) is 2.99. The van der Waals surface area contributed by atoms with Gasteiger partial charge in [-0.1, -0.05) is 6.08 Å². The summed E-state index contributed by atoms with van der Waals surface area (Å²) in [4.78, 5) is 10.3. The Morgan fingerprint density at radius 1 is 1.60 bits per heavy atom. The van der Waals surface area contributed by atoms with Crippen LogP contribution in [0.4, 0.5) is 0 Å². The van der Waals surface area contributed by atoms with Crippen LogP contribution in [0.3, 0.4) is 0 Å². The van der Waals surface area contributed by atoms with E-state index >= 15 is 0 Å². The van der Waals surface area contributed by atoms with Gasteiger partial charge in [-0.15, -0.1) is 6.58 Å². The fourth-order valence-corrected chi connectivity index (χ4v) is 0.758. The first-order chi connectivity index (χ1) is 4.88. The maximum absolute atomic E-state index is 10.3. The highest BCUT2D eigenvalue weighted by atomic mass is 16.3. The van der Waals surface area contributed by atoms with E-state index in [1.807, 2.05) is 0 Å². The summed E-state index contributed by atoms with van der Waals surface area (Å²) in [6.45, 7) is 3.55. The Hall–Kier alpha value is -1.31. The van der Waals surface area contributed by atoms with Crippen LogP contribution in [-0.2, 0) is 6.42 Å². The molecule has 0 bridgehead atoms. The third kappa shape index (κ3) is 1.16. The van der Waals surface area contributed by atoms with Crippen molar-refractivity contribution in [3.63, 3.8) is 0 Å². The van der Waals surface area contributed by atoms with Crippen molar-refractivity contribution in [2.24, 2.45) is 0 Å². The van der Waals surface area contributed by atoms with E-state index in [2.05, 4.69) is 6.58 Å². The second-order valence-corrected chi connectivity index (χ2v) is 1.96. The molecule has 0 saturated heterocycles. The molecule has 0 aliphatic heterocycles. The topological polar surface area (TPSA) is 30.2 Å². The van der Waals surface area contributed by atoms with Gasteiger partial charge in [-0.05, 0) is 6.42 Å². The minimum Gasteiger partial charge on any atom is -0.472 e. The summed E-state index contributed by atoms with van der Waals surface area (Å²) in [6, 6.07) is 0. The van der Waals surface area contributed by atoms with Crippen LogP contribution in [0.5, 0.6) is 0 Å². The van der Waals surface area contributed by atoms with E-state index in [4.69, 9.17) is 4.42 Å². The largest absolute Gasteiger partial charge is 0.472 e. The number of allylic oxidation sites excluding steroid dienone is 1. The van der Waals surface area contributed by atoms with Crippen LogP contribution >= 0.6 is 0 Å². The summed E-state index contributed by atoms with van der Waals surface area (Å²) in [6.07, 6.45) is 6.20. The minimum atomic E-state index is 0.611. The Morgan fingerprint density at radius 2 is 2.40 bits per heavy atom. The van der Waals surface area contributed by atoms with Gasteiger partial charge in [0.2, 0.25) is 0 Å². The lowest BCUT2D eigenvalue weighted by molar-refractivity contribution is 0.112. The number of rotatable bonds is 3. The first-order valence-corrected chi connectivity index (χ1v) is 2.99. The molecule has 0 aromatic carbocycles. The van der Waals surface area contributed by atoms with Crippen molar-refractivity contribution in [2.45, 2.75) is 6.42 Å². The van der Waals surface area contributed by atoms with Crippen molar-refractivity contribution in [3.8, 4) is 0 Å². The lowest BCUT2D eigenvalue weighted by atomic mass is 10.1. The molecule has 0 aliphatic rings. The minimum absolute atomic E-state index is 0.611. The predicted octanol–water partition coefficient (Wildman–Crippen LogP) is 1.82. The highest BCUT2D eigenvalue weighted by Gasteiger charge is 2.00. The number of furan rings is 1. The molecule has 1 aromatic heterocycles. The number of hydrogen-bond acceptors (Lipinski definition) is 2. The van der Waals surface area contributed by atoms with Crippen molar-refractivity contribution in [2.75, 3.05) is 0 Å². The molecule has 10 heavy (non-hydrogen) atoms. The van der Waals surface area contributed by atoms with Crippen LogP contribution in [0, 0.1) is 0 Å². The van der Waals surface area contributed by atoms with Crippen LogP contribution in [0.2, 0.25) is 0 Å². The van der Waals surface area contributed by atoms with Gasteiger partial charge in [-0.25, -0.2) is 0 Å². The van der Waals surface area contributed by atoms with Gasteiger partial charge in [0.25, 0.3) is 0 Å². The molecule has 0 radical (unpaired) electrons. The first kappa shape index (κ1) is 6.81. The van der Waals surface area contributed by atoms with Gasteiger partial charge >= 0.3 is 0 Å². The smallest absolute Gasteiger partial charge is 0.153 e. The molecule has 0 fully saturated rings. The van der Waals surface area contributed by atoms with Crippen molar-refractivity contribution < 1.29 is 9.21 Å². The summed E-state index contributed by atoms with van der Waals surface area (Å²) < 4.78 is 4.81. The second kappa shape index (κ2) is 3.01. The van der Waals surface area contributed by atoms with Gasteiger partial charge in [-0.2, -0.15) is 0 Å². The number of aldehydes is 1. The van der Waals surface area contributed by atoms with Gasteiger partial charge in [0.15, 0.2) is 6.29 Å². The molecule has 1 heterocycles. The molecule has 0 aliphatic carbocycles. The molecular formula is C8H8O2. The van der Waals surface area contributed by atoms with Crippen molar-refractivity contribution in [1.29, 1.82) is 0 Å². The van der Waals surface area contributed by atoms with Gasteiger partial charge < -0.3 is 4.42 Å². The molecule has 0 unspecified atom stereocenters. The SMILES string of the molecule is C=CCc1cocc1C=O. The molecule has 0 N–H and O–H groups in total. The third-order valence-electron chi connectivity index (χ3n) is 1.27. The normalized spacial score (nSPS) is 9.20. The fourth-order valence-electron chi connectivity index (χ4n) is 0.758. The zero-order valence-electron chi connectivity index (χ0n) is 5.54. The average molecular weight is 136 g/mol. The summed E-state index contributed by atoms with van der Waals surface area (Å²) in [7, 11) is 0. The lowest BCUT2D eigenvalue weighted by Gasteiger charge is -1.86. The van der Waals surface area contributed by atoms with E-state index < -0.39 is 0 Å². The monoisotopic (exact) mass is 136 g/mol. The van der Waals surface area contributed by atoms with Gasteiger partial charge in [-0.3, -0.25) is 4.79 Å². The summed E-state index contributed by atoms with van der Waals surface area (Å²) >= 11 is 0. The zero-order chi connectivity index (χ0) is 7.40. The lowest BCUT2D eigenvalue weighted by Crippen LogP contribution is -1.82. The van der Waals surface area contributed by atoms with E-state index in [9.17, 15) is 4.79 Å². The van der Waals surface area contributed by atoms with E-state index in [0.717, 1.165) is 11.8 Å². The molecule has 0 saturated carbocycles. The molecule has 52 valence electrons. The van der Waals surface area contributed by atoms with E-state index in [1.54, 1.807) is 12.3 Å². The summed E-state index contributed by atoms with van der Waals surface area (Å²) in [5, 5.41) is 0. The van der Waals surface area contributed by atoms with Gasteiger partial charge in [0.1, 0.15) is 6.26 Å². The molecular weight excluding hydrogens is 128 g/mol. The Kier molecular flexibility index (Phi) is 2.05. The number of carbonyl (C=O) groups excluding carboxylic acids is 1. The fraction of sp³-hybridized carbons (Fsp3) is 0.125. The Bertz CT molecular complexity index is 235. The van der Waals surface area contributed by atoms with E-state index in [-0.39, 0.29) is 0 Å². The Labute approximate surface area is 59.2 Å². The van der Waals surface area contributed by atoms with Crippen LogP contribution in [0.25, 0.3) is 0 Å². The summed E-state index contributed by atoms with van der Waals surface area (Å²) in [5.41, 5.74) is 1.50. The molecule has 1 aromatic rings. The van der Waals surface area contributed by atoms with Crippen molar-refractivity contribution in [1.82, 2.24) is 0 Å². The van der Waals surface area contributed by atoms with E-state index in [1.165, 1.54) is 6.26 Å². The molecule has 0 atom stereocenters. The van der Waals surface area contributed by atoms with E-state index in [0.29, 0.717) is 12.0 Å². The maximum atomic E-state index is 10.3. The molecule has 0 spiro atoms. The number of hydrogen-bond donors (Lipinski definition) is 0. The summed E-state index contributed by atoms with van der Waals surface area (Å²) in [5.74, 6) is 0. The van der Waals surface area contributed by atoms with Crippen LogP contribution in [-0.4, -0.2) is 6.29 Å². The van der Waals surface area contributed by atoms with Crippen LogP contribution < -0.4 is 0 Å². The molecule has 1 rings (SSSR count). The third-order valence-corrected chi connectivity index (χ3v) is 1.27. The predicted molar refractivity (Wildman–Crippen MR) is 38.0 cm³/mol. The average Bonchev–Trinajstić information content (AvgIpc) is 2.36. The maximum Gasteiger partial charge on any atom is 0.153 e. The van der Waals surface area contributed by atoms with Gasteiger partial charge in [0, 0.05) is 5.56 Å².